The molecule has 1 N–H and O–H groups in total. The minimum absolute atomic E-state index is 0.0902. The molecule has 1 aromatic carbocycles. The van der Waals surface area contributed by atoms with Crippen LogP contribution >= 0.6 is 11.3 Å². The fraction of sp³-hybridized carbons (Fsp3) is 0.200. The molecule has 0 saturated carbocycles. The van der Waals surface area contributed by atoms with Crippen molar-refractivity contribution in [2.45, 2.75) is 26.5 Å². The lowest BCUT2D eigenvalue weighted by molar-refractivity contribution is 0.0949. The summed E-state index contributed by atoms with van der Waals surface area (Å²) >= 11 is 1.62. The monoisotopic (exact) mass is 393 g/mol. The first-order valence-corrected chi connectivity index (χ1v) is 9.78. The van der Waals surface area contributed by atoms with E-state index < -0.39 is 0 Å². The first-order chi connectivity index (χ1) is 13.6. The van der Waals surface area contributed by atoms with Gasteiger partial charge in [-0.05, 0) is 61.7 Å². The lowest BCUT2D eigenvalue weighted by atomic mass is 10.2. The molecule has 0 aliphatic heterocycles. The molecule has 4 aromatic rings. The van der Waals surface area contributed by atoms with Crippen LogP contribution in [0.1, 0.15) is 30.0 Å². The molecule has 8 heteroatoms. The van der Waals surface area contributed by atoms with Gasteiger partial charge in [-0.1, -0.05) is 6.07 Å². The number of aromatic nitrogens is 4. The minimum atomic E-state index is -0.192. The van der Waals surface area contributed by atoms with Crippen LogP contribution in [-0.2, 0) is 6.54 Å². The van der Waals surface area contributed by atoms with Crippen molar-refractivity contribution in [1.29, 1.82) is 0 Å². The highest BCUT2D eigenvalue weighted by molar-refractivity contribution is 7.13. The number of nitrogens with zero attached hydrogens (tertiary/aromatic N) is 4. The Morgan fingerprint density at radius 2 is 1.96 bits per heavy atom. The zero-order valence-corrected chi connectivity index (χ0v) is 16.3. The van der Waals surface area contributed by atoms with Gasteiger partial charge in [0.25, 0.3) is 5.91 Å². The SMILES string of the molecule is CC(C)Oc1ccc(C(=O)NCc2nnc3ccc(-c4cccs4)nn23)cc1. The Labute approximate surface area is 166 Å². The van der Waals surface area contributed by atoms with Gasteiger partial charge in [0.05, 0.1) is 17.5 Å². The van der Waals surface area contributed by atoms with Crippen molar-refractivity contribution in [3.8, 4) is 16.3 Å². The zero-order valence-electron chi connectivity index (χ0n) is 15.5. The van der Waals surface area contributed by atoms with Gasteiger partial charge in [-0.15, -0.1) is 21.5 Å². The molecule has 0 unspecified atom stereocenters. The minimum Gasteiger partial charge on any atom is -0.491 e. The Bertz CT molecular complexity index is 1090. The fourth-order valence-corrected chi connectivity index (χ4v) is 3.41. The van der Waals surface area contributed by atoms with Gasteiger partial charge in [-0.3, -0.25) is 4.79 Å². The molecule has 3 heterocycles. The van der Waals surface area contributed by atoms with Crippen molar-refractivity contribution >= 4 is 22.9 Å². The van der Waals surface area contributed by atoms with E-state index in [9.17, 15) is 4.79 Å². The van der Waals surface area contributed by atoms with Gasteiger partial charge >= 0.3 is 0 Å². The van der Waals surface area contributed by atoms with E-state index in [1.54, 1.807) is 40.1 Å². The van der Waals surface area contributed by atoms with Crippen LogP contribution in [0.15, 0.2) is 53.9 Å². The van der Waals surface area contributed by atoms with Crippen molar-refractivity contribution in [3.63, 3.8) is 0 Å². The van der Waals surface area contributed by atoms with Gasteiger partial charge in [-0.25, -0.2) is 0 Å². The quantitative estimate of drug-likeness (QED) is 0.542. The second-order valence-electron chi connectivity index (χ2n) is 6.46. The standard InChI is InChI=1S/C20H19N5O2S/c1-13(2)27-15-7-5-14(6-8-15)20(26)21-12-19-23-22-18-10-9-16(24-25(18)19)17-4-3-11-28-17/h3-11,13H,12H2,1-2H3,(H,21,26). The van der Waals surface area contributed by atoms with Crippen molar-refractivity contribution in [1.82, 2.24) is 25.1 Å². The zero-order chi connectivity index (χ0) is 19.5. The summed E-state index contributed by atoms with van der Waals surface area (Å²) in [5, 5.41) is 17.7. The summed E-state index contributed by atoms with van der Waals surface area (Å²) in [6.45, 7) is 4.15. The largest absolute Gasteiger partial charge is 0.491 e. The van der Waals surface area contributed by atoms with Crippen LogP contribution in [0.25, 0.3) is 16.2 Å². The van der Waals surface area contributed by atoms with E-state index in [2.05, 4.69) is 20.6 Å². The molecule has 28 heavy (non-hydrogen) atoms. The fourth-order valence-electron chi connectivity index (χ4n) is 2.72. The predicted octanol–water partition coefficient (Wildman–Crippen LogP) is 3.57. The number of ether oxygens (including phenoxy) is 1. The van der Waals surface area contributed by atoms with E-state index in [0.717, 1.165) is 16.3 Å². The normalized spacial score (nSPS) is 11.1. The average molecular weight is 393 g/mol. The molecule has 0 aliphatic carbocycles. The third kappa shape index (κ3) is 3.86. The Hall–Kier alpha value is -3.26. The van der Waals surface area contributed by atoms with E-state index in [-0.39, 0.29) is 18.6 Å². The van der Waals surface area contributed by atoms with Crippen LogP contribution in [-0.4, -0.2) is 31.8 Å². The van der Waals surface area contributed by atoms with Crippen molar-refractivity contribution in [2.75, 3.05) is 0 Å². The number of carbonyl (C=O) groups excluding carboxylic acids is 1. The number of hydrogen-bond acceptors (Lipinski definition) is 6. The molecule has 0 saturated heterocycles. The van der Waals surface area contributed by atoms with E-state index in [1.165, 1.54) is 0 Å². The van der Waals surface area contributed by atoms with E-state index in [1.807, 2.05) is 43.5 Å². The summed E-state index contributed by atoms with van der Waals surface area (Å²) in [6, 6.07) is 14.8. The molecular formula is C20H19N5O2S. The number of amides is 1. The van der Waals surface area contributed by atoms with E-state index >= 15 is 0 Å². The van der Waals surface area contributed by atoms with E-state index in [0.29, 0.717) is 17.0 Å². The molecule has 0 radical (unpaired) electrons. The highest BCUT2D eigenvalue weighted by Gasteiger charge is 2.12. The third-order valence-corrected chi connectivity index (χ3v) is 4.89. The molecule has 7 nitrogen and oxygen atoms in total. The smallest absolute Gasteiger partial charge is 0.251 e. The highest BCUT2D eigenvalue weighted by atomic mass is 32.1. The molecule has 0 aliphatic rings. The maximum Gasteiger partial charge on any atom is 0.251 e. The molecule has 0 fully saturated rings. The molecule has 0 bridgehead atoms. The first kappa shape index (κ1) is 18.1. The number of benzene rings is 1. The summed E-state index contributed by atoms with van der Waals surface area (Å²) in [5.74, 6) is 1.11. The molecule has 142 valence electrons. The predicted molar refractivity (Wildman–Crippen MR) is 107 cm³/mol. The number of rotatable bonds is 6. The third-order valence-electron chi connectivity index (χ3n) is 4.00. The van der Waals surface area contributed by atoms with Crippen LogP contribution in [0.2, 0.25) is 0 Å². The second kappa shape index (κ2) is 7.77. The number of hydrogen-bond donors (Lipinski definition) is 1. The summed E-state index contributed by atoms with van der Waals surface area (Å²) in [6.07, 6.45) is 0.0902. The number of thiophene rings is 1. The van der Waals surface area contributed by atoms with Gasteiger partial charge in [0, 0.05) is 5.56 Å². The van der Waals surface area contributed by atoms with Crippen molar-refractivity contribution < 1.29 is 9.53 Å². The number of nitrogens with one attached hydrogen (secondary N) is 1. The Morgan fingerprint density at radius 1 is 1.14 bits per heavy atom. The molecular weight excluding hydrogens is 374 g/mol. The van der Waals surface area contributed by atoms with Gasteiger partial charge in [0.15, 0.2) is 11.5 Å². The van der Waals surface area contributed by atoms with Gasteiger partial charge in [-0.2, -0.15) is 9.61 Å². The van der Waals surface area contributed by atoms with Gasteiger partial charge < -0.3 is 10.1 Å². The maximum atomic E-state index is 12.4. The van der Waals surface area contributed by atoms with E-state index in [4.69, 9.17) is 4.74 Å². The Balaban J connectivity index is 1.47. The summed E-state index contributed by atoms with van der Waals surface area (Å²) < 4.78 is 7.26. The average Bonchev–Trinajstić information content (AvgIpc) is 3.36. The van der Waals surface area contributed by atoms with Gasteiger partial charge in [0.2, 0.25) is 0 Å². The summed E-state index contributed by atoms with van der Waals surface area (Å²) in [4.78, 5) is 13.5. The molecule has 0 atom stereocenters. The van der Waals surface area contributed by atoms with Crippen LogP contribution in [0.4, 0.5) is 0 Å². The topological polar surface area (TPSA) is 81.4 Å². The van der Waals surface area contributed by atoms with Crippen molar-refractivity contribution in [3.05, 3.63) is 65.3 Å². The Morgan fingerprint density at radius 3 is 2.68 bits per heavy atom. The molecule has 3 aromatic heterocycles. The number of fused-ring (bicyclic) bond motifs is 1. The summed E-state index contributed by atoms with van der Waals surface area (Å²) in [5.41, 5.74) is 2.03. The van der Waals surface area contributed by atoms with Crippen LogP contribution in [0.3, 0.4) is 0 Å². The first-order valence-electron chi connectivity index (χ1n) is 8.90. The van der Waals surface area contributed by atoms with Crippen LogP contribution in [0.5, 0.6) is 5.75 Å². The maximum absolute atomic E-state index is 12.4. The lowest BCUT2D eigenvalue weighted by Gasteiger charge is -2.10. The van der Waals surface area contributed by atoms with Crippen LogP contribution in [0, 0.1) is 0 Å². The number of carbonyl (C=O) groups is 1. The molecule has 0 spiro atoms. The molecule has 1 amide bonds. The molecule has 4 rings (SSSR count). The Kier molecular flexibility index (Phi) is 5.03. The second-order valence-corrected chi connectivity index (χ2v) is 7.40. The lowest BCUT2D eigenvalue weighted by Crippen LogP contribution is -2.24. The van der Waals surface area contributed by atoms with Gasteiger partial charge in [0.1, 0.15) is 11.4 Å². The summed E-state index contributed by atoms with van der Waals surface area (Å²) in [7, 11) is 0. The van der Waals surface area contributed by atoms with Crippen LogP contribution < -0.4 is 10.1 Å². The highest BCUT2D eigenvalue weighted by Crippen LogP contribution is 2.22. The van der Waals surface area contributed by atoms with Crippen molar-refractivity contribution in [2.24, 2.45) is 0 Å².